The summed E-state index contributed by atoms with van der Waals surface area (Å²) in [5.74, 6) is 0.182. The Hall–Kier alpha value is -1.31. The van der Waals surface area contributed by atoms with Crippen LogP contribution in [0.4, 0.5) is 0 Å². The number of carbonyl (C=O) groups excluding carboxylic acids is 1. The third kappa shape index (κ3) is 1.97. The monoisotopic (exact) mass is 217 g/mol. The number of amides is 1. The second-order valence-electron chi connectivity index (χ2n) is 5.14. The molecule has 1 N–H and O–H groups in total. The zero-order valence-corrected chi connectivity index (χ0v) is 10.3. The topological polar surface area (TPSA) is 29.1 Å². The molecule has 1 saturated heterocycles. The molecule has 2 nitrogen and oxygen atoms in total. The SMILES string of the molecule is Cc1ccc(C2(C)CCC(=O)NC2)cc1C. The van der Waals surface area contributed by atoms with Crippen molar-refractivity contribution in [3.63, 3.8) is 0 Å². The minimum absolute atomic E-state index is 0.104. The van der Waals surface area contributed by atoms with Gasteiger partial charge in [-0.05, 0) is 37.0 Å². The number of benzene rings is 1. The van der Waals surface area contributed by atoms with Gasteiger partial charge in [-0.1, -0.05) is 25.1 Å². The third-order valence-corrected chi connectivity index (χ3v) is 3.78. The highest BCUT2D eigenvalue weighted by molar-refractivity contribution is 5.77. The number of piperidine rings is 1. The van der Waals surface area contributed by atoms with E-state index in [9.17, 15) is 4.79 Å². The van der Waals surface area contributed by atoms with Crippen LogP contribution < -0.4 is 5.32 Å². The van der Waals surface area contributed by atoms with Crippen LogP contribution >= 0.6 is 0 Å². The molecule has 2 rings (SSSR count). The first kappa shape index (κ1) is 11.2. The molecule has 0 bridgehead atoms. The van der Waals surface area contributed by atoms with E-state index in [1.165, 1.54) is 16.7 Å². The van der Waals surface area contributed by atoms with Crippen LogP contribution in [-0.4, -0.2) is 12.5 Å². The molecule has 0 saturated carbocycles. The highest BCUT2D eigenvalue weighted by Gasteiger charge is 2.31. The van der Waals surface area contributed by atoms with Crippen molar-refractivity contribution in [1.29, 1.82) is 0 Å². The number of rotatable bonds is 1. The number of aryl methyl sites for hydroxylation is 2. The minimum atomic E-state index is 0.104. The summed E-state index contributed by atoms with van der Waals surface area (Å²) in [4.78, 5) is 11.2. The van der Waals surface area contributed by atoms with E-state index in [2.05, 4.69) is 44.3 Å². The van der Waals surface area contributed by atoms with Gasteiger partial charge in [0.05, 0.1) is 0 Å². The van der Waals surface area contributed by atoms with E-state index in [4.69, 9.17) is 0 Å². The van der Waals surface area contributed by atoms with Crippen LogP contribution in [0.2, 0.25) is 0 Å². The van der Waals surface area contributed by atoms with E-state index < -0.39 is 0 Å². The first-order valence-corrected chi connectivity index (χ1v) is 5.86. The molecule has 1 heterocycles. The molecule has 1 amide bonds. The Morgan fingerprint density at radius 2 is 2.00 bits per heavy atom. The fraction of sp³-hybridized carbons (Fsp3) is 0.500. The van der Waals surface area contributed by atoms with E-state index in [1.54, 1.807) is 0 Å². The van der Waals surface area contributed by atoms with Gasteiger partial charge in [0, 0.05) is 18.4 Å². The van der Waals surface area contributed by atoms with Gasteiger partial charge < -0.3 is 5.32 Å². The van der Waals surface area contributed by atoms with Gasteiger partial charge in [0.1, 0.15) is 0 Å². The fourth-order valence-corrected chi connectivity index (χ4v) is 2.22. The van der Waals surface area contributed by atoms with Crippen LogP contribution in [0.3, 0.4) is 0 Å². The van der Waals surface area contributed by atoms with E-state index in [0.717, 1.165) is 13.0 Å². The number of hydrogen-bond acceptors (Lipinski definition) is 1. The Morgan fingerprint density at radius 1 is 1.25 bits per heavy atom. The summed E-state index contributed by atoms with van der Waals surface area (Å²) in [6.45, 7) is 7.26. The molecule has 1 fully saturated rings. The molecule has 2 heteroatoms. The van der Waals surface area contributed by atoms with Crippen molar-refractivity contribution in [3.8, 4) is 0 Å². The Bertz CT molecular complexity index is 413. The predicted molar refractivity (Wildman–Crippen MR) is 65.5 cm³/mol. The number of nitrogens with one attached hydrogen (secondary N) is 1. The summed E-state index contributed by atoms with van der Waals surface area (Å²) in [6, 6.07) is 6.62. The average Bonchev–Trinajstić information content (AvgIpc) is 2.26. The first-order chi connectivity index (χ1) is 7.51. The van der Waals surface area contributed by atoms with E-state index in [-0.39, 0.29) is 11.3 Å². The summed E-state index contributed by atoms with van der Waals surface area (Å²) in [6.07, 6.45) is 1.59. The summed E-state index contributed by atoms with van der Waals surface area (Å²) in [5, 5.41) is 2.97. The summed E-state index contributed by atoms with van der Waals surface area (Å²) >= 11 is 0. The van der Waals surface area contributed by atoms with E-state index in [0.29, 0.717) is 6.42 Å². The first-order valence-electron chi connectivity index (χ1n) is 5.86. The summed E-state index contributed by atoms with van der Waals surface area (Å²) in [5.41, 5.74) is 4.10. The van der Waals surface area contributed by atoms with Crippen molar-refractivity contribution < 1.29 is 4.79 Å². The van der Waals surface area contributed by atoms with E-state index in [1.807, 2.05) is 0 Å². The highest BCUT2D eigenvalue weighted by Crippen LogP contribution is 2.31. The summed E-state index contributed by atoms with van der Waals surface area (Å²) < 4.78 is 0. The maximum absolute atomic E-state index is 11.2. The van der Waals surface area contributed by atoms with Gasteiger partial charge in [0.15, 0.2) is 0 Å². The molecule has 86 valence electrons. The molecule has 0 spiro atoms. The molecule has 0 radical (unpaired) electrons. The van der Waals surface area contributed by atoms with Gasteiger partial charge in [-0.25, -0.2) is 0 Å². The molecule has 1 aromatic rings. The number of hydrogen-bond donors (Lipinski definition) is 1. The van der Waals surface area contributed by atoms with Crippen molar-refractivity contribution in [2.24, 2.45) is 0 Å². The molecule has 1 atom stereocenters. The highest BCUT2D eigenvalue weighted by atomic mass is 16.1. The van der Waals surface area contributed by atoms with Crippen molar-refractivity contribution >= 4 is 5.91 Å². The molecular formula is C14H19NO. The van der Waals surface area contributed by atoms with Gasteiger partial charge >= 0.3 is 0 Å². The van der Waals surface area contributed by atoms with E-state index >= 15 is 0 Å². The van der Waals surface area contributed by atoms with Crippen molar-refractivity contribution in [2.75, 3.05) is 6.54 Å². The molecule has 16 heavy (non-hydrogen) atoms. The van der Waals surface area contributed by atoms with Crippen molar-refractivity contribution in [3.05, 3.63) is 34.9 Å². The normalized spacial score (nSPS) is 25.3. The molecule has 1 aromatic carbocycles. The maximum atomic E-state index is 11.2. The quantitative estimate of drug-likeness (QED) is 0.769. The lowest BCUT2D eigenvalue weighted by molar-refractivity contribution is -0.123. The number of carbonyl (C=O) groups is 1. The van der Waals surface area contributed by atoms with Gasteiger partial charge in [0.2, 0.25) is 5.91 Å². The van der Waals surface area contributed by atoms with Crippen LogP contribution in [0.25, 0.3) is 0 Å². The van der Waals surface area contributed by atoms with Crippen LogP contribution in [0, 0.1) is 13.8 Å². The second-order valence-corrected chi connectivity index (χ2v) is 5.14. The largest absolute Gasteiger partial charge is 0.355 e. The maximum Gasteiger partial charge on any atom is 0.220 e. The van der Waals surface area contributed by atoms with Crippen LogP contribution in [0.5, 0.6) is 0 Å². The minimum Gasteiger partial charge on any atom is -0.355 e. The van der Waals surface area contributed by atoms with Crippen molar-refractivity contribution in [2.45, 2.75) is 39.0 Å². The molecule has 0 aromatic heterocycles. The smallest absolute Gasteiger partial charge is 0.220 e. The van der Waals surface area contributed by atoms with Gasteiger partial charge in [0.25, 0.3) is 0 Å². The van der Waals surface area contributed by atoms with Gasteiger partial charge in [-0.2, -0.15) is 0 Å². The lowest BCUT2D eigenvalue weighted by atomic mass is 9.76. The van der Waals surface area contributed by atoms with Crippen molar-refractivity contribution in [1.82, 2.24) is 5.32 Å². The van der Waals surface area contributed by atoms with Crippen LogP contribution in [0.1, 0.15) is 36.5 Å². The Labute approximate surface area is 97.1 Å². The third-order valence-electron chi connectivity index (χ3n) is 3.78. The Kier molecular flexibility index (Phi) is 2.75. The fourth-order valence-electron chi connectivity index (χ4n) is 2.22. The van der Waals surface area contributed by atoms with Crippen LogP contribution in [0.15, 0.2) is 18.2 Å². The summed E-state index contributed by atoms with van der Waals surface area (Å²) in [7, 11) is 0. The average molecular weight is 217 g/mol. The lowest BCUT2D eigenvalue weighted by Gasteiger charge is -2.34. The standard InChI is InChI=1S/C14H19NO/c1-10-4-5-12(8-11(10)2)14(3)7-6-13(16)15-9-14/h4-5,8H,6-7,9H2,1-3H3,(H,15,16). The van der Waals surface area contributed by atoms with Crippen LogP contribution in [-0.2, 0) is 10.2 Å². The molecule has 0 aliphatic carbocycles. The molecule has 1 aliphatic rings. The van der Waals surface area contributed by atoms with Gasteiger partial charge in [-0.3, -0.25) is 4.79 Å². The molecule has 1 unspecified atom stereocenters. The van der Waals surface area contributed by atoms with Gasteiger partial charge in [-0.15, -0.1) is 0 Å². The molecule has 1 aliphatic heterocycles. The Morgan fingerprint density at radius 3 is 2.56 bits per heavy atom. The zero-order valence-electron chi connectivity index (χ0n) is 10.3. The second kappa shape index (κ2) is 3.93. The Balaban J connectivity index is 2.29. The molecular weight excluding hydrogens is 198 g/mol. The predicted octanol–water partition coefficient (Wildman–Crippen LogP) is 2.47. The lowest BCUT2D eigenvalue weighted by Crippen LogP contribution is -2.44. The zero-order chi connectivity index (χ0) is 11.8.